The fourth-order valence-electron chi connectivity index (χ4n) is 4.37. The molecule has 1 saturated heterocycles. The van der Waals surface area contributed by atoms with Crippen LogP contribution in [-0.4, -0.2) is 85.4 Å². The zero-order chi connectivity index (χ0) is 26.7. The molecule has 1 aliphatic rings. The summed E-state index contributed by atoms with van der Waals surface area (Å²) in [6, 6.07) is 5.37. The number of carbonyl (C=O) groups excluding carboxylic acids is 2. The molecule has 0 spiro atoms. The molecule has 2 aromatic carbocycles. The number of aldehydes is 1. The second-order valence-corrected chi connectivity index (χ2v) is 9.50. The first-order valence-corrected chi connectivity index (χ1v) is 12.3. The van der Waals surface area contributed by atoms with Crippen LogP contribution in [0.2, 0.25) is 5.02 Å². The van der Waals surface area contributed by atoms with E-state index < -0.39 is 11.6 Å². The van der Waals surface area contributed by atoms with Crippen LogP contribution >= 0.6 is 11.6 Å². The number of aromatic nitrogens is 2. The van der Waals surface area contributed by atoms with Crippen molar-refractivity contribution in [3.63, 3.8) is 0 Å². The van der Waals surface area contributed by atoms with Gasteiger partial charge in [-0.3, -0.25) is 9.59 Å². The van der Waals surface area contributed by atoms with Crippen molar-refractivity contribution in [2.45, 2.75) is 13.3 Å². The number of benzene rings is 2. The number of hydrogen-bond acceptors (Lipinski definition) is 7. The molecule has 0 bridgehead atoms. The van der Waals surface area contributed by atoms with E-state index in [0.717, 1.165) is 12.6 Å². The molecule has 3 aromatic rings. The molecule has 0 atom stereocenters. The van der Waals surface area contributed by atoms with Crippen LogP contribution in [0.1, 0.15) is 23.7 Å². The summed E-state index contributed by atoms with van der Waals surface area (Å²) in [7, 11) is 3.89. The third kappa shape index (κ3) is 5.65. The summed E-state index contributed by atoms with van der Waals surface area (Å²) in [5.41, 5.74) is -0.611. The predicted octanol–water partition coefficient (Wildman–Crippen LogP) is 4.04. The van der Waals surface area contributed by atoms with Gasteiger partial charge in [0, 0.05) is 61.7 Å². The number of ether oxygens (including phenoxy) is 1. The topological polar surface area (TPSA) is 78.9 Å². The largest absolute Gasteiger partial charge is 0.463 e. The number of carbonyl (C=O) groups is 2. The van der Waals surface area contributed by atoms with E-state index >= 15 is 4.39 Å². The third-order valence-corrected chi connectivity index (χ3v) is 6.57. The Bertz CT molecular complexity index is 1330. The lowest BCUT2D eigenvalue weighted by Crippen LogP contribution is -2.48. The average molecular weight is 532 g/mol. The van der Waals surface area contributed by atoms with Gasteiger partial charge in [-0.05, 0) is 32.6 Å². The van der Waals surface area contributed by atoms with Gasteiger partial charge < -0.3 is 19.4 Å². The molecule has 11 heteroatoms. The predicted molar refractivity (Wildman–Crippen MR) is 138 cm³/mol. The summed E-state index contributed by atoms with van der Waals surface area (Å²) >= 11 is 6.51. The highest BCUT2D eigenvalue weighted by Gasteiger charge is 2.27. The van der Waals surface area contributed by atoms with Crippen LogP contribution in [0.5, 0.6) is 6.01 Å². The maximum Gasteiger partial charge on any atom is 0.319 e. The number of hydrogen-bond donors (Lipinski definition) is 0. The van der Waals surface area contributed by atoms with E-state index in [-0.39, 0.29) is 39.1 Å². The minimum atomic E-state index is -0.875. The SMILES string of the molecule is CC(=O)N1CCN(c2nc(OCCCN(C)C)nc3c(F)c(-c4c(F)cccc4C=O)c(Cl)cc23)CC1. The van der Waals surface area contributed by atoms with Crippen molar-refractivity contribution in [3.8, 4) is 17.1 Å². The van der Waals surface area contributed by atoms with Gasteiger partial charge in [-0.15, -0.1) is 0 Å². The van der Waals surface area contributed by atoms with Crippen molar-refractivity contribution in [2.24, 2.45) is 0 Å². The normalized spacial score (nSPS) is 13.9. The van der Waals surface area contributed by atoms with Crippen molar-refractivity contribution >= 4 is 40.5 Å². The fourth-order valence-corrected chi connectivity index (χ4v) is 4.66. The maximum absolute atomic E-state index is 16.1. The molecule has 0 saturated carbocycles. The quantitative estimate of drug-likeness (QED) is 0.320. The van der Waals surface area contributed by atoms with Crippen LogP contribution in [0.15, 0.2) is 24.3 Å². The van der Waals surface area contributed by atoms with Crippen molar-refractivity contribution in [1.82, 2.24) is 19.8 Å². The molecule has 0 aliphatic carbocycles. The van der Waals surface area contributed by atoms with Crippen LogP contribution in [0.25, 0.3) is 22.0 Å². The summed E-state index contributed by atoms with van der Waals surface area (Å²) in [5.74, 6) is -1.27. The molecule has 0 unspecified atom stereocenters. The number of nitrogens with zero attached hydrogens (tertiary/aromatic N) is 5. The van der Waals surface area contributed by atoms with Crippen LogP contribution in [0.3, 0.4) is 0 Å². The highest BCUT2D eigenvalue weighted by atomic mass is 35.5. The smallest absolute Gasteiger partial charge is 0.319 e. The molecule has 1 amide bonds. The van der Waals surface area contributed by atoms with Crippen LogP contribution in [-0.2, 0) is 4.79 Å². The standard InChI is InChI=1S/C26H28ClF2N5O3/c1-16(36)33-9-11-34(12-10-33)25-18-14-19(27)22(21-17(15-35)6-4-7-20(21)28)23(29)24(18)30-26(31-25)37-13-5-8-32(2)3/h4,6-7,14-15H,5,8-13H2,1-3H3. The Morgan fingerprint density at radius 1 is 1.16 bits per heavy atom. The molecule has 0 radical (unpaired) electrons. The zero-order valence-corrected chi connectivity index (χ0v) is 21.7. The number of halogens is 3. The van der Waals surface area contributed by atoms with Gasteiger partial charge in [-0.25, -0.2) is 8.78 Å². The molecular formula is C26H28ClF2N5O3. The summed E-state index contributed by atoms with van der Waals surface area (Å²) in [6.07, 6.45) is 1.16. The number of fused-ring (bicyclic) bond motifs is 1. The average Bonchev–Trinajstić information content (AvgIpc) is 2.87. The van der Waals surface area contributed by atoms with E-state index in [9.17, 15) is 14.0 Å². The Balaban J connectivity index is 1.84. The van der Waals surface area contributed by atoms with Crippen LogP contribution < -0.4 is 9.64 Å². The van der Waals surface area contributed by atoms with Gasteiger partial charge in [-0.1, -0.05) is 23.7 Å². The van der Waals surface area contributed by atoms with Crippen molar-refractivity contribution < 1.29 is 23.1 Å². The molecule has 2 heterocycles. The molecule has 8 nitrogen and oxygen atoms in total. The molecule has 1 aromatic heterocycles. The molecular weight excluding hydrogens is 504 g/mol. The maximum atomic E-state index is 16.1. The molecule has 1 aliphatic heterocycles. The van der Waals surface area contributed by atoms with Gasteiger partial charge in [0.05, 0.1) is 11.6 Å². The highest BCUT2D eigenvalue weighted by Crippen LogP contribution is 2.40. The molecule has 4 rings (SSSR count). The van der Waals surface area contributed by atoms with Crippen LogP contribution in [0, 0.1) is 11.6 Å². The third-order valence-electron chi connectivity index (χ3n) is 6.27. The van der Waals surface area contributed by atoms with Crippen molar-refractivity contribution in [3.05, 3.63) is 46.5 Å². The van der Waals surface area contributed by atoms with Gasteiger partial charge in [0.15, 0.2) is 12.1 Å². The Morgan fingerprint density at radius 3 is 2.54 bits per heavy atom. The summed E-state index contributed by atoms with van der Waals surface area (Å²) in [6.45, 7) is 4.50. The second-order valence-electron chi connectivity index (χ2n) is 9.09. The molecule has 0 N–H and O–H groups in total. The second kappa shape index (κ2) is 11.4. The van der Waals surface area contributed by atoms with E-state index in [1.54, 1.807) is 4.90 Å². The lowest BCUT2D eigenvalue weighted by Gasteiger charge is -2.35. The van der Waals surface area contributed by atoms with E-state index in [2.05, 4.69) is 9.97 Å². The van der Waals surface area contributed by atoms with Gasteiger partial charge in [0.2, 0.25) is 5.91 Å². The lowest BCUT2D eigenvalue weighted by molar-refractivity contribution is -0.129. The Morgan fingerprint density at radius 2 is 1.89 bits per heavy atom. The minimum Gasteiger partial charge on any atom is -0.463 e. The molecule has 196 valence electrons. The summed E-state index contributed by atoms with van der Waals surface area (Å²) in [5, 5.41) is 0.247. The number of anilines is 1. The van der Waals surface area contributed by atoms with Gasteiger partial charge in [0.25, 0.3) is 0 Å². The number of rotatable bonds is 8. The van der Waals surface area contributed by atoms with E-state index in [1.807, 2.05) is 23.9 Å². The monoisotopic (exact) mass is 531 g/mol. The number of piperazine rings is 1. The lowest BCUT2D eigenvalue weighted by atomic mass is 9.97. The highest BCUT2D eigenvalue weighted by molar-refractivity contribution is 6.34. The van der Waals surface area contributed by atoms with E-state index in [4.69, 9.17) is 16.3 Å². The Kier molecular flexibility index (Phi) is 8.19. The Labute approximate surface area is 218 Å². The number of amides is 1. The van der Waals surface area contributed by atoms with Gasteiger partial charge in [-0.2, -0.15) is 9.97 Å². The van der Waals surface area contributed by atoms with E-state index in [0.29, 0.717) is 56.7 Å². The molecule has 1 fully saturated rings. The van der Waals surface area contributed by atoms with E-state index in [1.165, 1.54) is 25.1 Å². The zero-order valence-electron chi connectivity index (χ0n) is 20.9. The first-order chi connectivity index (χ1) is 17.7. The van der Waals surface area contributed by atoms with Crippen molar-refractivity contribution in [2.75, 3.05) is 58.3 Å². The van der Waals surface area contributed by atoms with Gasteiger partial charge >= 0.3 is 6.01 Å². The summed E-state index contributed by atoms with van der Waals surface area (Å²) < 4.78 is 36.7. The summed E-state index contributed by atoms with van der Waals surface area (Å²) in [4.78, 5) is 37.9. The first kappa shape index (κ1) is 26.7. The Hall–Kier alpha value is -3.37. The minimum absolute atomic E-state index is 0.0216. The fraction of sp³-hybridized carbons (Fsp3) is 0.385. The van der Waals surface area contributed by atoms with Crippen molar-refractivity contribution in [1.29, 1.82) is 0 Å². The first-order valence-electron chi connectivity index (χ1n) is 11.9. The van der Waals surface area contributed by atoms with Gasteiger partial charge in [0.1, 0.15) is 17.2 Å². The van der Waals surface area contributed by atoms with Crippen LogP contribution in [0.4, 0.5) is 14.6 Å². The molecule has 37 heavy (non-hydrogen) atoms.